The number of fused-ring (bicyclic) bond motifs is 1. The maximum absolute atomic E-state index is 10.4. The van der Waals surface area contributed by atoms with Crippen LogP contribution in [0.5, 0.6) is 11.5 Å². The fraction of sp³-hybridized carbons (Fsp3) is 0.571. The second-order valence-electron chi connectivity index (χ2n) is 5.36. The minimum absolute atomic E-state index is 0.329. The van der Waals surface area contributed by atoms with Gasteiger partial charge in [-0.2, -0.15) is 0 Å². The molecule has 1 aliphatic carbocycles. The van der Waals surface area contributed by atoms with Gasteiger partial charge in [-0.25, -0.2) is 0 Å². The molecule has 0 spiro atoms. The molecular weight excluding hydrogens is 296 g/mol. The van der Waals surface area contributed by atoms with Crippen LogP contribution in [0.2, 0.25) is 0 Å². The van der Waals surface area contributed by atoms with Gasteiger partial charge in [0.1, 0.15) is 13.2 Å². The van der Waals surface area contributed by atoms with Gasteiger partial charge in [-0.1, -0.05) is 13.8 Å². The first kappa shape index (κ1) is 12.3. The molecule has 18 heavy (non-hydrogen) atoms. The summed E-state index contributed by atoms with van der Waals surface area (Å²) in [6.45, 7) is 5.40. The van der Waals surface area contributed by atoms with Gasteiger partial charge in [0, 0.05) is 0 Å². The van der Waals surface area contributed by atoms with Crippen LogP contribution in [0.15, 0.2) is 10.5 Å². The molecule has 1 aromatic carbocycles. The second kappa shape index (κ2) is 4.14. The van der Waals surface area contributed by atoms with Crippen LogP contribution in [0.4, 0.5) is 0 Å². The molecule has 3 nitrogen and oxygen atoms in total. The van der Waals surface area contributed by atoms with Crippen molar-refractivity contribution in [2.24, 2.45) is 0 Å². The highest BCUT2D eigenvalue weighted by Gasteiger charge is 2.45. The maximum atomic E-state index is 10.4. The minimum Gasteiger partial charge on any atom is -0.486 e. The van der Waals surface area contributed by atoms with Gasteiger partial charge in [-0.15, -0.1) is 0 Å². The SMILES string of the molecule is CC(C)c1c(C2(O)CC2)cc2c(c1Br)OCCO2. The smallest absolute Gasteiger partial charge is 0.175 e. The number of benzene rings is 1. The van der Waals surface area contributed by atoms with Gasteiger partial charge in [0.25, 0.3) is 0 Å². The van der Waals surface area contributed by atoms with Crippen molar-refractivity contribution in [2.45, 2.75) is 38.2 Å². The predicted octanol–water partition coefficient (Wildman–Crippen LogP) is 3.33. The first-order chi connectivity index (χ1) is 8.53. The highest BCUT2D eigenvalue weighted by Crippen LogP contribution is 2.53. The summed E-state index contributed by atoms with van der Waals surface area (Å²) in [5.41, 5.74) is 1.48. The van der Waals surface area contributed by atoms with Crippen LogP contribution >= 0.6 is 15.9 Å². The number of rotatable bonds is 2. The van der Waals surface area contributed by atoms with E-state index in [4.69, 9.17) is 9.47 Å². The minimum atomic E-state index is -0.655. The fourth-order valence-electron chi connectivity index (χ4n) is 2.50. The molecule has 0 atom stereocenters. The topological polar surface area (TPSA) is 38.7 Å². The number of ether oxygens (including phenoxy) is 2. The summed E-state index contributed by atoms with van der Waals surface area (Å²) in [7, 11) is 0. The lowest BCUT2D eigenvalue weighted by Crippen LogP contribution is -2.19. The predicted molar refractivity (Wildman–Crippen MR) is 72.4 cm³/mol. The van der Waals surface area contributed by atoms with Crippen LogP contribution in [0.1, 0.15) is 43.7 Å². The van der Waals surface area contributed by atoms with Gasteiger partial charge in [-0.3, -0.25) is 0 Å². The average molecular weight is 313 g/mol. The van der Waals surface area contributed by atoms with E-state index in [-0.39, 0.29) is 0 Å². The lowest BCUT2D eigenvalue weighted by atomic mass is 9.92. The Hall–Kier alpha value is -0.740. The van der Waals surface area contributed by atoms with Gasteiger partial charge in [0.15, 0.2) is 11.5 Å². The molecule has 1 aromatic rings. The highest BCUT2D eigenvalue weighted by molar-refractivity contribution is 9.10. The number of aliphatic hydroxyl groups is 1. The molecule has 0 bridgehead atoms. The Morgan fingerprint density at radius 3 is 2.56 bits per heavy atom. The summed E-state index contributed by atoms with van der Waals surface area (Å²) in [5.74, 6) is 1.85. The van der Waals surface area contributed by atoms with Gasteiger partial charge >= 0.3 is 0 Å². The van der Waals surface area contributed by atoms with E-state index in [1.165, 1.54) is 0 Å². The van der Waals surface area contributed by atoms with E-state index in [2.05, 4.69) is 29.8 Å². The van der Waals surface area contributed by atoms with E-state index < -0.39 is 5.60 Å². The van der Waals surface area contributed by atoms with E-state index in [0.717, 1.165) is 39.9 Å². The Balaban J connectivity index is 2.21. The molecule has 0 unspecified atom stereocenters. The van der Waals surface area contributed by atoms with Crippen molar-refractivity contribution in [3.8, 4) is 11.5 Å². The first-order valence-electron chi connectivity index (χ1n) is 6.38. The molecule has 3 rings (SSSR count). The molecule has 0 radical (unpaired) electrons. The summed E-state index contributed by atoms with van der Waals surface area (Å²) in [4.78, 5) is 0. The van der Waals surface area contributed by atoms with Crippen molar-refractivity contribution in [1.82, 2.24) is 0 Å². The third-order valence-electron chi connectivity index (χ3n) is 3.61. The molecule has 4 heteroatoms. The zero-order valence-corrected chi connectivity index (χ0v) is 12.2. The van der Waals surface area contributed by atoms with Crippen LogP contribution in [0, 0.1) is 0 Å². The third kappa shape index (κ3) is 1.82. The largest absolute Gasteiger partial charge is 0.486 e. The summed E-state index contributed by atoms with van der Waals surface area (Å²) < 4.78 is 12.3. The van der Waals surface area contributed by atoms with E-state index in [1.807, 2.05) is 6.07 Å². The number of hydrogen-bond acceptors (Lipinski definition) is 3. The average Bonchev–Trinajstić information content (AvgIpc) is 3.08. The summed E-state index contributed by atoms with van der Waals surface area (Å²) in [6.07, 6.45) is 1.66. The van der Waals surface area contributed by atoms with Crippen LogP contribution in [-0.2, 0) is 5.60 Å². The second-order valence-corrected chi connectivity index (χ2v) is 6.16. The van der Waals surface area contributed by atoms with Crippen LogP contribution in [-0.4, -0.2) is 18.3 Å². The standard InChI is InChI=1S/C14H17BrO3/c1-8(2)11-9(14(16)3-4-14)7-10-13(12(11)15)18-6-5-17-10/h7-8,16H,3-6H2,1-2H3. The van der Waals surface area contributed by atoms with Crippen molar-refractivity contribution >= 4 is 15.9 Å². The lowest BCUT2D eigenvalue weighted by molar-refractivity contribution is 0.145. The molecule has 0 saturated heterocycles. The van der Waals surface area contributed by atoms with Crippen LogP contribution in [0.3, 0.4) is 0 Å². The van der Waals surface area contributed by atoms with Gasteiger partial charge < -0.3 is 14.6 Å². The zero-order chi connectivity index (χ0) is 12.9. The number of halogens is 1. The Morgan fingerprint density at radius 1 is 1.28 bits per heavy atom. The molecule has 1 aliphatic heterocycles. The fourth-order valence-corrected chi connectivity index (χ4v) is 3.48. The van der Waals surface area contributed by atoms with Crippen molar-refractivity contribution in [1.29, 1.82) is 0 Å². The van der Waals surface area contributed by atoms with Crippen molar-refractivity contribution in [3.63, 3.8) is 0 Å². The van der Waals surface area contributed by atoms with Crippen LogP contribution < -0.4 is 9.47 Å². The maximum Gasteiger partial charge on any atom is 0.175 e. The van der Waals surface area contributed by atoms with Crippen molar-refractivity contribution < 1.29 is 14.6 Å². The third-order valence-corrected chi connectivity index (χ3v) is 4.40. The highest BCUT2D eigenvalue weighted by atomic mass is 79.9. The molecule has 0 aromatic heterocycles. The molecule has 1 saturated carbocycles. The molecule has 0 amide bonds. The molecule has 2 aliphatic rings. The van der Waals surface area contributed by atoms with Crippen molar-refractivity contribution in [2.75, 3.05) is 13.2 Å². The Kier molecular flexibility index (Phi) is 2.83. The van der Waals surface area contributed by atoms with Gasteiger partial charge in [-0.05, 0) is 51.9 Å². The molecular formula is C14H17BrO3. The Labute approximate surface area is 115 Å². The normalized spacial score (nSPS) is 20.1. The Morgan fingerprint density at radius 2 is 1.94 bits per heavy atom. The zero-order valence-electron chi connectivity index (χ0n) is 10.6. The molecule has 98 valence electrons. The summed E-state index contributed by atoms with van der Waals surface area (Å²) in [6, 6.07) is 1.96. The number of hydrogen-bond donors (Lipinski definition) is 1. The first-order valence-corrected chi connectivity index (χ1v) is 7.17. The summed E-state index contributed by atoms with van der Waals surface area (Å²) in [5, 5.41) is 10.4. The summed E-state index contributed by atoms with van der Waals surface area (Å²) >= 11 is 3.62. The molecule has 1 N–H and O–H groups in total. The monoisotopic (exact) mass is 312 g/mol. The van der Waals surface area contributed by atoms with E-state index in [1.54, 1.807) is 0 Å². The molecule has 1 fully saturated rings. The van der Waals surface area contributed by atoms with E-state index >= 15 is 0 Å². The quantitative estimate of drug-likeness (QED) is 0.910. The van der Waals surface area contributed by atoms with Crippen LogP contribution in [0.25, 0.3) is 0 Å². The van der Waals surface area contributed by atoms with Gasteiger partial charge in [0.2, 0.25) is 0 Å². The van der Waals surface area contributed by atoms with E-state index in [0.29, 0.717) is 19.1 Å². The lowest BCUT2D eigenvalue weighted by Gasteiger charge is -2.26. The Bertz CT molecular complexity index is 492. The van der Waals surface area contributed by atoms with Crippen molar-refractivity contribution in [3.05, 3.63) is 21.7 Å². The van der Waals surface area contributed by atoms with E-state index in [9.17, 15) is 5.11 Å². The van der Waals surface area contributed by atoms with Gasteiger partial charge in [0.05, 0.1) is 10.1 Å². The molecule has 1 heterocycles.